The Balaban J connectivity index is 1.69. The van der Waals surface area contributed by atoms with Crippen molar-refractivity contribution in [1.82, 2.24) is 0 Å². The number of hydrogen-bond donors (Lipinski definition) is 0. The van der Waals surface area contributed by atoms with Gasteiger partial charge in [0, 0.05) is 11.5 Å². The average molecular weight is 364 g/mol. The summed E-state index contributed by atoms with van der Waals surface area (Å²) in [6.07, 6.45) is 1.86. The number of ether oxygens (including phenoxy) is 3. The Kier molecular flexibility index (Phi) is 3.55. The average Bonchev–Trinajstić information content (AvgIpc) is 3.24. The monoisotopic (exact) mass is 364 g/mol. The van der Waals surface area contributed by atoms with Gasteiger partial charge in [-0.1, -0.05) is 19.1 Å². The molecular weight excluding hydrogens is 340 g/mol. The standard InChI is InChI=1S/C23H24O4/c1-11-6-8-16-20(13(11)3)23(24)27-22(16)18-12(2)5-7-15-9-17-21(26-10-25-17)14(4)19(15)18/h6,8-9,12,18,22H,5,7,10H2,1-4H3/t12?,18-,22+/m1/s1. The fourth-order valence-corrected chi connectivity index (χ4v) is 5.11. The summed E-state index contributed by atoms with van der Waals surface area (Å²) in [6.45, 7) is 8.71. The first-order valence-electron chi connectivity index (χ1n) is 9.70. The molecule has 0 spiro atoms. The molecule has 140 valence electrons. The van der Waals surface area contributed by atoms with Crippen LogP contribution in [0.5, 0.6) is 11.5 Å². The van der Waals surface area contributed by atoms with Gasteiger partial charge in [-0.25, -0.2) is 4.79 Å². The Morgan fingerprint density at radius 3 is 2.70 bits per heavy atom. The van der Waals surface area contributed by atoms with E-state index in [9.17, 15) is 4.79 Å². The molecule has 4 heteroatoms. The summed E-state index contributed by atoms with van der Waals surface area (Å²) >= 11 is 0. The van der Waals surface area contributed by atoms with Gasteiger partial charge in [-0.2, -0.15) is 0 Å². The van der Waals surface area contributed by atoms with Crippen molar-refractivity contribution < 1.29 is 19.0 Å². The number of esters is 1. The molecule has 27 heavy (non-hydrogen) atoms. The maximum absolute atomic E-state index is 12.7. The van der Waals surface area contributed by atoms with Gasteiger partial charge < -0.3 is 14.2 Å². The molecule has 0 bridgehead atoms. The lowest BCUT2D eigenvalue weighted by molar-refractivity contribution is 0.0259. The lowest BCUT2D eigenvalue weighted by Gasteiger charge is -2.36. The van der Waals surface area contributed by atoms with Gasteiger partial charge in [-0.15, -0.1) is 0 Å². The first-order valence-corrected chi connectivity index (χ1v) is 9.70. The van der Waals surface area contributed by atoms with E-state index in [4.69, 9.17) is 14.2 Å². The molecule has 0 fully saturated rings. The van der Waals surface area contributed by atoms with Crippen LogP contribution in [0.3, 0.4) is 0 Å². The normalized spacial score (nSPS) is 25.2. The summed E-state index contributed by atoms with van der Waals surface area (Å²) in [6, 6.07) is 6.31. The maximum Gasteiger partial charge on any atom is 0.339 e. The molecule has 3 aliphatic rings. The van der Waals surface area contributed by atoms with Crippen molar-refractivity contribution in [3.63, 3.8) is 0 Å². The number of fused-ring (bicyclic) bond motifs is 3. The molecule has 2 heterocycles. The van der Waals surface area contributed by atoms with E-state index < -0.39 is 0 Å². The SMILES string of the molecule is Cc1ccc2c(c1C)C(=O)O[C@@H]2[C@H]1c2c(cc3c(c2C)OCO3)CCC1C. The van der Waals surface area contributed by atoms with E-state index >= 15 is 0 Å². The Morgan fingerprint density at radius 1 is 1.07 bits per heavy atom. The van der Waals surface area contributed by atoms with Gasteiger partial charge in [-0.3, -0.25) is 0 Å². The van der Waals surface area contributed by atoms with Crippen LogP contribution in [0.2, 0.25) is 0 Å². The molecule has 0 N–H and O–H groups in total. The molecule has 1 unspecified atom stereocenters. The molecule has 1 aliphatic carbocycles. The van der Waals surface area contributed by atoms with Crippen molar-refractivity contribution in [2.45, 2.75) is 52.6 Å². The van der Waals surface area contributed by atoms with Crippen molar-refractivity contribution in [2.24, 2.45) is 5.92 Å². The third-order valence-corrected chi connectivity index (χ3v) is 6.69. The predicted octanol–water partition coefficient (Wildman–Crippen LogP) is 4.92. The second kappa shape index (κ2) is 5.75. The molecular formula is C23H24O4. The molecule has 2 aromatic carbocycles. The molecule has 0 radical (unpaired) electrons. The highest BCUT2D eigenvalue weighted by Gasteiger charge is 2.44. The van der Waals surface area contributed by atoms with Crippen LogP contribution < -0.4 is 9.47 Å². The van der Waals surface area contributed by atoms with E-state index in [0.717, 1.165) is 52.2 Å². The third-order valence-electron chi connectivity index (χ3n) is 6.69. The molecule has 2 aromatic rings. The summed E-state index contributed by atoms with van der Waals surface area (Å²) in [5.74, 6) is 2.05. The minimum atomic E-state index is -0.236. The van der Waals surface area contributed by atoms with Crippen molar-refractivity contribution in [3.05, 3.63) is 57.1 Å². The van der Waals surface area contributed by atoms with Crippen molar-refractivity contribution in [2.75, 3.05) is 6.79 Å². The largest absolute Gasteiger partial charge is 0.454 e. The second-order valence-corrected chi connectivity index (χ2v) is 8.15. The second-order valence-electron chi connectivity index (χ2n) is 8.15. The van der Waals surface area contributed by atoms with Gasteiger partial charge in [0.2, 0.25) is 6.79 Å². The molecule has 0 saturated carbocycles. The van der Waals surface area contributed by atoms with Crippen LogP contribution in [0.25, 0.3) is 0 Å². The van der Waals surface area contributed by atoms with Crippen molar-refractivity contribution in [1.29, 1.82) is 0 Å². The van der Waals surface area contributed by atoms with Crippen LogP contribution in [0.15, 0.2) is 18.2 Å². The zero-order chi connectivity index (χ0) is 18.9. The number of benzene rings is 2. The minimum absolute atomic E-state index is 0.135. The Bertz CT molecular complexity index is 975. The highest BCUT2D eigenvalue weighted by atomic mass is 16.7. The molecule has 2 aliphatic heterocycles. The Hall–Kier alpha value is -2.49. The van der Waals surface area contributed by atoms with Crippen LogP contribution in [0, 0.1) is 26.7 Å². The molecule has 5 rings (SSSR count). The van der Waals surface area contributed by atoms with E-state index in [1.54, 1.807) is 0 Å². The van der Waals surface area contributed by atoms with Gasteiger partial charge in [0.05, 0.1) is 5.56 Å². The summed E-state index contributed by atoms with van der Waals surface area (Å²) in [5, 5.41) is 0. The zero-order valence-electron chi connectivity index (χ0n) is 16.2. The van der Waals surface area contributed by atoms with Crippen LogP contribution in [0.1, 0.15) is 69.1 Å². The highest BCUT2D eigenvalue weighted by Crippen LogP contribution is 2.53. The smallest absolute Gasteiger partial charge is 0.339 e. The number of carbonyl (C=O) groups is 1. The number of cyclic esters (lactones) is 1. The lowest BCUT2D eigenvalue weighted by atomic mass is 9.70. The van der Waals surface area contributed by atoms with Crippen molar-refractivity contribution >= 4 is 5.97 Å². The Labute approximate surface area is 159 Å². The van der Waals surface area contributed by atoms with Gasteiger partial charge in [0.25, 0.3) is 0 Å². The van der Waals surface area contributed by atoms with E-state index in [-0.39, 0.29) is 24.8 Å². The topological polar surface area (TPSA) is 44.8 Å². The van der Waals surface area contributed by atoms with Crippen LogP contribution in [-0.4, -0.2) is 12.8 Å². The van der Waals surface area contributed by atoms with Gasteiger partial charge in [0.15, 0.2) is 11.5 Å². The predicted molar refractivity (Wildman–Crippen MR) is 102 cm³/mol. The molecule has 0 amide bonds. The van der Waals surface area contributed by atoms with Crippen LogP contribution in [-0.2, 0) is 11.2 Å². The zero-order valence-corrected chi connectivity index (χ0v) is 16.2. The van der Waals surface area contributed by atoms with Gasteiger partial charge in [0.1, 0.15) is 6.10 Å². The van der Waals surface area contributed by atoms with E-state index in [1.807, 2.05) is 13.8 Å². The summed E-state index contributed by atoms with van der Waals surface area (Å²) in [7, 11) is 0. The van der Waals surface area contributed by atoms with E-state index in [0.29, 0.717) is 5.92 Å². The number of aryl methyl sites for hydroxylation is 2. The fraction of sp³-hybridized carbons (Fsp3) is 0.435. The third kappa shape index (κ3) is 2.25. The summed E-state index contributed by atoms with van der Waals surface area (Å²) in [5.41, 5.74) is 7.66. The summed E-state index contributed by atoms with van der Waals surface area (Å²) < 4.78 is 17.4. The molecule has 4 nitrogen and oxygen atoms in total. The van der Waals surface area contributed by atoms with Crippen LogP contribution in [0.4, 0.5) is 0 Å². The first-order chi connectivity index (χ1) is 13.0. The van der Waals surface area contributed by atoms with Crippen molar-refractivity contribution in [3.8, 4) is 11.5 Å². The van der Waals surface area contributed by atoms with E-state index in [2.05, 4.69) is 32.0 Å². The Morgan fingerprint density at radius 2 is 1.89 bits per heavy atom. The van der Waals surface area contributed by atoms with E-state index in [1.165, 1.54) is 11.1 Å². The lowest BCUT2D eigenvalue weighted by Crippen LogP contribution is -2.25. The number of rotatable bonds is 1. The molecule has 0 aromatic heterocycles. The van der Waals surface area contributed by atoms with Crippen LogP contribution >= 0.6 is 0 Å². The quantitative estimate of drug-likeness (QED) is 0.674. The fourth-order valence-electron chi connectivity index (χ4n) is 5.11. The van der Waals surface area contributed by atoms with Gasteiger partial charge >= 0.3 is 5.97 Å². The first kappa shape index (κ1) is 16.7. The number of hydrogen-bond acceptors (Lipinski definition) is 4. The summed E-state index contributed by atoms with van der Waals surface area (Å²) in [4.78, 5) is 12.7. The molecule has 3 atom stereocenters. The molecule has 0 saturated heterocycles. The number of carbonyl (C=O) groups excluding carboxylic acids is 1. The van der Waals surface area contributed by atoms with Gasteiger partial charge in [-0.05, 0) is 73.4 Å². The maximum atomic E-state index is 12.7. The minimum Gasteiger partial charge on any atom is -0.454 e. The highest BCUT2D eigenvalue weighted by molar-refractivity contribution is 5.96.